The second-order valence-corrected chi connectivity index (χ2v) is 5.98. The van der Waals surface area contributed by atoms with E-state index in [1.54, 1.807) is 0 Å². The Morgan fingerprint density at radius 2 is 1.78 bits per heavy atom. The van der Waals surface area contributed by atoms with Crippen molar-refractivity contribution >= 4 is 0 Å². The highest BCUT2D eigenvalue weighted by atomic mass is 15.2. The van der Waals surface area contributed by atoms with Crippen molar-refractivity contribution in [2.45, 2.75) is 45.8 Å². The van der Waals surface area contributed by atoms with E-state index in [1.165, 1.54) is 5.56 Å². The number of rotatable bonds is 3. The van der Waals surface area contributed by atoms with Crippen molar-refractivity contribution in [3.8, 4) is 0 Å². The molecule has 100 valence electrons. The fourth-order valence-corrected chi connectivity index (χ4v) is 2.80. The fraction of sp³-hybridized carbons (Fsp3) is 0.625. The number of benzene rings is 1. The van der Waals surface area contributed by atoms with Gasteiger partial charge in [0.25, 0.3) is 0 Å². The average molecular weight is 246 g/mol. The number of hydrogen-bond acceptors (Lipinski definition) is 2. The van der Waals surface area contributed by atoms with Crippen LogP contribution in [0.15, 0.2) is 30.3 Å². The quantitative estimate of drug-likeness (QED) is 0.882. The van der Waals surface area contributed by atoms with Gasteiger partial charge in [0.2, 0.25) is 0 Å². The Balaban J connectivity index is 2.16. The summed E-state index contributed by atoms with van der Waals surface area (Å²) in [4.78, 5) is 2.64. The molecule has 2 heteroatoms. The Labute approximate surface area is 111 Å². The maximum absolute atomic E-state index is 3.71. The van der Waals surface area contributed by atoms with E-state index in [1.807, 2.05) is 0 Å². The van der Waals surface area contributed by atoms with Crippen molar-refractivity contribution in [3.63, 3.8) is 0 Å². The van der Waals surface area contributed by atoms with Gasteiger partial charge in [-0.15, -0.1) is 0 Å². The zero-order chi connectivity index (χ0) is 13.1. The Hall–Kier alpha value is -0.860. The van der Waals surface area contributed by atoms with Crippen LogP contribution < -0.4 is 5.32 Å². The molecule has 0 aliphatic carbocycles. The van der Waals surface area contributed by atoms with Gasteiger partial charge >= 0.3 is 0 Å². The van der Waals surface area contributed by atoms with Crippen molar-refractivity contribution in [2.75, 3.05) is 13.1 Å². The first-order chi connectivity index (χ1) is 8.59. The van der Waals surface area contributed by atoms with Gasteiger partial charge in [0, 0.05) is 31.2 Å². The minimum atomic E-state index is 0.515. The molecular formula is C16H26N2. The predicted octanol–water partition coefficient (Wildman–Crippen LogP) is 3.07. The lowest BCUT2D eigenvalue weighted by atomic mass is 9.95. The summed E-state index contributed by atoms with van der Waals surface area (Å²) in [7, 11) is 0. The van der Waals surface area contributed by atoms with Crippen molar-refractivity contribution in [1.29, 1.82) is 0 Å². The molecule has 1 fully saturated rings. The van der Waals surface area contributed by atoms with Crippen LogP contribution in [0.4, 0.5) is 0 Å². The minimum Gasteiger partial charge on any atom is -0.311 e. The second-order valence-electron chi connectivity index (χ2n) is 5.98. The predicted molar refractivity (Wildman–Crippen MR) is 77.7 cm³/mol. The maximum atomic E-state index is 3.71. The largest absolute Gasteiger partial charge is 0.311 e. The molecule has 2 unspecified atom stereocenters. The van der Waals surface area contributed by atoms with Gasteiger partial charge in [0.15, 0.2) is 0 Å². The van der Waals surface area contributed by atoms with Crippen LogP contribution in [0.5, 0.6) is 0 Å². The summed E-state index contributed by atoms with van der Waals surface area (Å²) in [5.74, 6) is 0.697. The highest BCUT2D eigenvalue weighted by molar-refractivity contribution is 5.20. The summed E-state index contributed by atoms with van der Waals surface area (Å²) >= 11 is 0. The zero-order valence-corrected chi connectivity index (χ0v) is 12.1. The lowest BCUT2D eigenvalue weighted by Gasteiger charge is -2.44. The molecule has 1 aromatic rings. The number of piperazine rings is 1. The van der Waals surface area contributed by atoms with E-state index in [0.717, 1.165) is 13.1 Å². The zero-order valence-electron chi connectivity index (χ0n) is 12.1. The van der Waals surface area contributed by atoms with Gasteiger partial charge in [-0.2, -0.15) is 0 Å². The first-order valence-corrected chi connectivity index (χ1v) is 7.13. The monoisotopic (exact) mass is 246 g/mol. The van der Waals surface area contributed by atoms with Gasteiger partial charge in [-0.25, -0.2) is 0 Å². The third-order valence-electron chi connectivity index (χ3n) is 4.03. The topological polar surface area (TPSA) is 15.3 Å². The Morgan fingerprint density at radius 3 is 2.33 bits per heavy atom. The summed E-state index contributed by atoms with van der Waals surface area (Å²) in [6.07, 6.45) is 0. The van der Waals surface area contributed by atoms with Crippen molar-refractivity contribution < 1.29 is 0 Å². The van der Waals surface area contributed by atoms with E-state index in [2.05, 4.69) is 68.2 Å². The minimum absolute atomic E-state index is 0.515. The molecule has 0 aromatic heterocycles. The molecule has 2 rings (SSSR count). The van der Waals surface area contributed by atoms with Gasteiger partial charge in [0.05, 0.1) is 0 Å². The first-order valence-electron chi connectivity index (χ1n) is 7.13. The van der Waals surface area contributed by atoms with Crippen LogP contribution in [-0.4, -0.2) is 30.1 Å². The first kappa shape index (κ1) is 13.6. The molecule has 1 heterocycles. The molecule has 2 nitrogen and oxygen atoms in total. The average Bonchev–Trinajstić information content (AvgIpc) is 2.39. The van der Waals surface area contributed by atoms with E-state index >= 15 is 0 Å². The normalized spacial score (nSPS) is 25.9. The maximum Gasteiger partial charge on any atom is 0.0476 e. The summed E-state index contributed by atoms with van der Waals surface area (Å²) < 4.78 is 0. The van der Waals surface area contributed by atoms with Crippen LogP contribution >= 0.6 is 0 Å². The summed E-state index contributed by atoms with van der Waals surface area (Å²) in [5.41, 5.74) is 1.43. The molecule has 1 N–H and O–H groups in total. The third kappa shape index (κ3) is 2.93. The molecule has 0 saturated carbocycles. The Kier molecular flexibility index (Phi) is 4.41. The molecule has 18 heavy (non-hydrogen) atoms. The lowest BCUT2D eigenvalue weighted by molar-refractivity contribution is 0.0830. The van der Waals surface area contributed by atoms with Gasteiger partial charge in [-0.05, 0) is 25.3 Å². The smallest absolute Gasteiger partial charge is 0.0476 e. The van der Waals surface area contributed by atoms with Gasteiger partial charge < -0.3 is 5.32 Å². The molecule has 1 aliphatic heterocycles. The van der Waals surface area contributed by atoms with Gasteiger partial charge in [-0.3, -0.25) is 4.90 Å². The van der Waals surface area contributed by atoms with Crippen LogP contribution in [0.25, 0.3) is 0 Å². The number of nitrogens with zero attached hydrogens (tertiary/aromatic N) is 1. The fourth-order valence-electron chi connectivity index (χ4n) is 2.80. The Morgan fingerprint density at radius 1 is 1.11 bits per heavy atom. The molecule has 1 aromatic carbocycles. The van der Waals surface area contributed by atoms with Gasteiger partial charge in [0.1, 0.15) is 0 Å². The molecule has 0 bridgehead atoms. The SMILES string of the molecule is CC(C)C1CN(C(C)C)C(c2ccccc2)CN1. The molecule has 2 atom stereocenters. The molecule has 1 aliphatic rings. The van der Waals surface area contributed by atoms with E-state index in [-0.39, 0.29) is 0 Å². The van der Waals surface area contributed by atoms with E-state index in [9.17, 15) is 0 Å². The van der Waals surface area contributed by atoms with Crippen molar-refractivity contribution in [3.05, 3.63) is 35.9 Å². The van der Waals surface area contributed by atoms with Crippen LogP contribution in [0, 0.1) is 5.92 Å². The molecule has 0 radical (unpaired) electrons. The van der Waals surface area contributed by atoms with Crippen LogP contribution in [-0.2, 0) is 0 Å². The Bertz CT molecular complexity index is 359. The molecule has 0 spiro atoms. The summed E-state index contributed by atoms with van der Waals surface area (Å²) in [6, 6.07) is 12.6. The van der Waals surface area contributed by atoms with E-state index in [0.29, 0.717) is 24.0 Å². The summed E-state index contributed by atoms with van der Waals surface area (Å²) in [5, 5.41) is 3.71. The highest BCUT2D eigenvalue weighted by Gasteiger charge is 2.31. The van der Waals surface area contributed by atoms with E-state index < -0.39 is 0 Å². The van der Waals surface area contributed by atoms with Crippen LogP contribution in [0.3, 0.4) is 0 Å². The summed E-state index contributed by atoms with van der Waals surface area (Å²) in [6.45, 7) is 11.4. The highest BCUT2D eigenvalue weighted by Crippen LogP contribution is 2.27. The standard InChI is InChI=1S/C16H26N2/c1-12(2)15-11-18(13(3)4)16(10-17-15)14-8-6-5-7-9-14/h5-9,12-13,15-17H,10-11H2,1-4H3. The van der Waals surface area contributed by atoms with Crippen LogP contribution in [0.2, 0.25) is 0 Å². The second kappa shape index (κ2) is 5.85. The molecule has 1 saturated heterocycles. The lowest BCUT2D eigenvalue weighted by Crippen LogP contribution is -2.56. The van der Waals surface area contributed by atoms with Crippen molar-refractivity contribution in [1.82, 2.24) is 10.2 Å². The van der Waals surface area contributed by atoms with Crippen LogP contribution in [0.1, 0.15) is 39.3 Å². The molecule has 0 amide bonds. The third-order valence-corrected chi connectivity index (χ3v) is 4.03. The van der Waals surface area contributed by atoms with E-state index in [4.69, 9.17) is 0 Å². The molecular weight excluding hydrogens is 220 g/mol. The number of hydrogen-bond donors (Lipinski definition) is 1. The van der Waals surface area contributed by atoms with Crippen molar-refractivity contribution in [2.24, 2.45) is 5.92 Å². The number of nitrogens with one attached hydrogen (secondary N) is 1. The van der Waals surface area contributed by atoms with Gasteiger partial charge in [-0.1, -0.05) is 44.2 Å².